The lowest BCUT2D eigenvalue weighted by Crippen LogP contribution is -2.37. The van der Waals surface area contributed by atoms with E-state index in [0.717, 1.165) is 74.7 Å². The first-order chi connectivity index (χ1) is 17.1. The Kier molecular flexibility index (Phi) is 6.85. The van der Waals surface area contributed by atoms with Crippen molar-refractivity contribution in [3.8, 4) is 0 Å². The summed E-state index contributed by atoms with van der Waals surface area (Å²) in [4.78, 5) is 28.0. The fourth-order valence-electron chi connectivity index (χ4n) is 5.79. The van der Waals surface area contributed by atoms with Crippen molar-refractivity contribution in [3.63, 3.8) is 0 Å². The molecule has 1 aromatic heterocycles. The number of aromatic nitrogens is 2. The van der Waals surface area contributed by atoms with E-state index in [9.17, 15) is 4.79 Å². The summed E-state index contributed by atoms with van der Waals surface area (Å²) in [6, 6.07) is 20.8. The Hall–Kier alpha value is -3.21. The summed E-state index contributed by atoms with van der Waals surface area (Å²) >= 11 is 0. The van der Waals surface area contributed by atoms with Gasteiger partial charge < -0.3 is 9.80 Å². The van der Waals surface area contributed by atoms with Gasteiger partial charge in [0.2, 0.25) is 5.95 Å². The van der Waals surface area contributed by atoms with Crippen molar-refractivity contribution in [2.45, 2.75) is 57.4 Å². The molecule has 3 aromatic rings. The quantitative estimate of drug-likeness (QED) is 0.456. The van der Waals surface area contributed by atoms with Crippen molar-refractivity contribution in [1.82, 2.24) is 14.9 Å². The topological polar surface area (TPSA) is 49.3 Å². The lowest BCUT2D eigenvalue weighted by molar-refractivity contribution is 0.0781. The van der Waals surface area contributed by atoms with Gasteiger partial charge in [-0.3, -0.25) is 4.79 Å². The van der Waals surface area contributed by atoms with E-state index in [-0.39, 0.29) is 11.3 Å². The van der Waals surface area contributed by atoms with Gasteiger partial charge in [-0.05, 0) is 42.7 Å². The highest BCUT2D eigenvalue weighted by molar-refractivity contribution is 5.95. The summed E-state index contributed by atoms with van der Waals surface area (Å²) in [5.74, 6) is 1.50. The Labute approximate surface area is 209 Å². The first-order valence-electron chi connectivity index (χ1n) is 13.0. The zero-order valence-electron chi connectivity index (χ0n) is 21.0. The summed E-state index contributed by atoms with van der Waals surface area (Å²) in [5, 5.41) is 0. The van der Waals surface area contributed by atoms with Crippen LogP contribution in [0.1, 0.15) is 72.6 Å². The summed E-state index contributed by atoms with van der Waals surface area (Å²) in [6.45, 7) is 4.82. The van der Waals surface area contributed by atoms with Gasteiger partial charge in [0.1, 0.15) is 0 Å². The van der Waals surface area contributed by atoms with Crippen LogP contribution in [0.4, 0.5) is 5.95 Å². The third-order valence-corrected chi connectivity index (χ3v) is 7.92. The molecule has 1 amide bonds. The van der Waals surface area contributed by atoms with E-state index < -0.39 is 0 Å². The van der Waals surface area contributed by atoms with Crippen LogP contribution in [0.2, 0.25) is 0 Å². The monoisotopic (exact) mass is 468 g/mol. The third kappa shape index (κ3) is 4.82. The van der Waals surface area contributed by atoms with Crippen LogP contribution >= 0.6 is 0 Å². The van der Waals surface area contributed by atoms with Gasteiger partial charge in [-0.25, -0.2) is 9.97 Å². The Balaban J connectivity index is 1.56. The molecular weight excluding hydrogens is 432 g/mol. The standard InChI is InChI=1S/C30H36N4O/c1-23-15-19-34(20-16-23)29-31-21-26(28(35)33(2)22-24-11-5-3-6-12-24)27(32-29)30(17-9-10-18-30)25-13-7-4-8-14-25/h3-8,11-14,21,23H,9-10,15-20,22H2,1-2H3. The predicted octanol–water partition coefficient (Wildman–Crippen LogP) is 5.85. The van der Waals surface area contributed by atoms with Crippen molar-refractivity contribution >= 4 is 11.9 Å². The average Bonchev–Trinajstić information content (AvgIpc) is 3.41. The summed E-state index contributed by atoms with van der Waals surface area (Å²) in [5.41, 5.74) is 3.68. The second-order valence-electron chi connectivity index (χ2n) is 10.4. The van der Waals surface area contributed by atoms with Gasteiger partial charge >= 0.3 is 0 Å². The molecule has 1 saturated heterocycles. The average molecular weight is 469 g/mol. The Morgan fingerprint density at radius 3 is 2.29 bits per heavy atom. The molecule has 2 fully saturated rings. The van der Waals surface area contributed by atoms with Gasteiger partial charge in [-0.15, -0.1) is 0 Å². The number of piperidine rings is 1. The normalized spacial score (nSPS) is 17.9. The van der Waals surface area contributed by atoms with Crippen LogP contribution in [0.25, 0.3) is 0 Å². The Morgan fingerprint density at radius 1 is 1.00 bits per heavy atom. The number of carbonyl (C=O) groups excluding carboxylic acids is 1. The molecule has 0 N–H and O–H groups in total. The molecule has 5 nitrogen and oxygen atoms in total. The second-order valence-corrected chi connectivity index (χ2v) is 10.4. The lowest BCUT2D eigenvalue weighted by Gasteiger charge is -2.34. The molecule has 2 aliphatic rings. The third-order valence-electron chi connectivity index (χ3n) is 7.92. The first-order valence-corrected chi connectivity index (χ1v) is 13.0. The molecule has 2 aromatic carbocycles. The lowest BCUT2D eigenvalue weighted by atomic mass is 9.74. The van der Waals surface area contributed by atoms with E-state index >= 15 is 0 Å². The number of rotatable bonds is 6. The number of benzene rings is 2. The molecule has 5 heteroatoms. The molecule has 35 heavy (non-hydrogen) atoms. The van der Waals surface area contributed by atoms with Crippen LogP contribution in [0.5, 0.6) is 0 Å². The maximum Gasteiger partial charge on any atom is 0.257 e. The second kappa shape index (κ2) is 10.2. The van der Waals surface area contributed by atoms with Crippen LogP contribution in [0.15, 0.2) is 66.9 Å². The number of anilines is 1. The first kappa shape index (κ1) is 23.5. The number of hydrogen-bond acceptors (Lipinski definition) is 4. The zero-order chi connectivity index (χ0) is 24.3. The summed E-state index contributed by atoms with van der Waals surface area (Å²) in [6.07, 6.45) is 8.42. The number of carbonyl (C=O) groups is 1. The van der Waals surface area contributed by atoms with Crippen LogP contribution < -0.4 is 4.90 Å². The molecule has 182 valence electrons. The smallest absolute Gasteiger partial charge is 0.257 e. The Bertz CT molecular complexity index is 1130. The van der Waals surface area contributed by atoms with Crippen molar-refractivity contribution in [1.29, 1.82) is 0 Å². The zero-order valence-corrected chi connectivity index (χ0v) is 21.0. The number of hydrogen-bond donors (Lipinski definition) is 0. The molecular formula is C30H36N4O. The van der Waals surface area contributed by atoms with Crippen LogP contribution in [0.3, 0.4) is 0 Å². The Morgan fingerprint density at radius 2 is 1.63 bits per heavy atom. The van der Waals surface area contributed by atoms with E-state index in [1.807, 2.05) is 31.4 Å². The van der Waals surface area contributed by atoms with Crippen molar-refractivity contribution < 1.29 is 4.79 Å². The highest BCUT2D eigenvalue weighted by atomic mass is 16.2. The molecule has 0 unspecified atom stereocenters. The maximum atomic E-state index is 13.9. The van der Waals surface area contributed by atoms with Gasteiger partial charge in [0.15, 0.2) is 0 Å². The van der Waals surface area contributed by atoms with Gasteiger partial charge in [0.05, 0.1) is 11.3 Å². The van der Waals surface area contributed by atoms with Crippen molar-refractivity contribution in [2.24, 2.45) is 5.92 Å². The molecule has 2 heterocycles. The minimum absolute atomic E-state index is 0.00937. The molecule has 1 saturated carbocycles. The van der Waals surface area contributed by atoms with Crippen molar-refractivity contribution in [3.05, 3.63) is 89.2 Å². The summed E-state index contributed by atoms with van der Waals surface area (Å²) in [7, 11) is 1.88. The van der Waals surface area contributed by atoms with E-state index in [0.29, 0.717) is 12.1 Å². The van der Waals surface area contributed by atoms with E-state index in [4.69, 9.17) is 9.97 Å². The molecule has 0 radical (unpaired) electrons. The molecule has 1 aliphatic heterocycles. The molecule has 0 atom stereocenters. The van der Waals surface area contributed by atoms with E-state index in [1.54, 1.807) is 4.90 Å². The largest absolute Gasteiger partial charge is 0.341 e. The van der Waals surface area contributed by atoms with Crippen LogP contribution in [0, 0.1) is 5.92 Å². The van der Waals surface area contributed by atoms with Crippen LogP contribution in [-0.2, 0) is 12.0 Å². The SMILES string of the molecule is CC1CCN(c2ncc(C(=O)N(C)Cc3ccccc3)c(C3(c4ccccc4)CCCC3)n2)CC1. The van der Waals surface area contributed by atoms with E-state index in [2.05, 4.69) is 54.3 Å². The highest BCUT2D eigenvalue weighted by Gasteiger charge is 2.42. The predicted molar refractivity (Wildman–Crippen MR) is 141 cm³/mol. The molecule has 0 spiro atoms. The molecule has 5 rings (SSSR count). The summed E-state index contributed by atoms with van der Waals surface area (Å²) < 4.78 is 0. The van der Waals surface area contributed by atoms with Crippen molar-refractivity contribution in [2.75, 3.05) is 25.0 Å². The maximum absolute atomic E-state index is 13.9. The number of amides is 1. The number of nitrogens with zero attached hydrogens (tertiary/aromatic N) is 4. The van der Waals surface area contributed by atoms with Crippen LogP contribution in [-0.4, -0.2) is 40.9 Å². The van der Waals surface area contributed by atoms with E-state index in [1.165, 1.54) is 5.56 Å². The minimum Gasteiger partial charge on any atom is -0.341 e. The van der Waals surface area contributed by atoms with Gasteiger partial charge in [0.25, 0.3) is 5.91 Å². The molecule has 1 aliphatic carbocycles. The van der Waals surface area contributed by atoms with Gasteiger partial charge in [0, 0.05) is 38.3 Å². The van der Waals surface area contributed by atoms with Gasteiger partial charge in [-0.1, -0.05) is 80.4 Å². The molecule has 0 bridgehead atoms. The minimum atomic E-state index is -0.249. The highest BCUT2D eigenvalue weighted by Crippen LogP contribution is 2.47. The fraction of sp³-hybridized carbons (Fsp3) is 0.433. The fourth-order valence-corrected chi connectivity index (χ4v) is 5.79. The van der Waals surface area contributed by atoms with Gasteiger partial charge in [-0.2, -0.15) is 0 Å².